The van der Waals surface area contributed by atoms with Crippen LogP contribution < -0.4 is 10.1 Å². The van der Waals surface area contributed by atoms with Gasteiger partial charge < -0.3 is 9.15 Å². The normalized spacial score (nSPS) is 10.7. The number of ether oxygens (including phenoxy) is 1. The maximum atomic E-state index is 12.6. The van der Waals surface area contributed by atoms with E-state index in [0.29, 0.717) is 22.2 Å². The molecule has 9 heteroatoms. The quantitative estimate of drug-likeness (QED) is 0.198. The zero-order valence-electron chi connectivity index (χ0n) is 18.3. The first-order valence-corrected chi connectivity index (χ1v) is 12.4. The maximum absolute atomic E-state index is 12.6. The third-order valence-electron chi connectivity index (χ3n) is 5.06. The number of amides is 1. The number of fused-ring (bicyclic) bond motifs is 1. The highest BCUT2D eigenvalue weighted by molar-refractivity contribution is 8.00. The van der Waals surface area contributed by atoms with Gasteiger partial charge in [-0.3, -0.25) is 10.1 Å². The predicted molar refractivity (Wildman–Crippen MR) is 136 cm³/mol. The van der Waals surface area contributed by atoms with Crippen molar-refractivity contribution >= 4 is 44.9 Å². The predicted octanol–water partition coefficient (Wildman–Crippen LogP) is 6.28. The van der Waals surface area contributed by atoms with Crippen LogP contribution in [0.25, 0.3) is 10.8 Å². The summed E-state index contributed by atoms with van der Waals surface area (Å²) >= 11 is 2.80. The first kappa shape index (κ1) is 22.7. The topological polar surface area (TPSA) is 101 Å². The molecule has 5 rings (SSSR count). The summed E-state index contributed by atoms with van der Waals surface area (Å²) in [7, 11) is 0. The minimum absolute atomic E-state index is 0.170. The van der Waals surface area contributed by atoms with Crippen LogP contribution in [0.2, 0.25) is 0 Å². The number of furan rings is 1. The zero-order chi connectivity index (χ0) is 24.0. The summed E-state index contributed by atoms with van der Waals surface area (Å²) in [6.45, 7) is 0.209. The molecule has 0 aliphatic carbocycles. The van der Waals surface area contributed by atoms with E-state index in [1.54, 1.807) is 24.3 Å². The van der Waals surface area contributed by atoms with Crippen molar-refractivity contribution in [3.63, 3.8) is 0 Å². The summed E-state index contributed by atoms with van der Waals surface area (Å²) in [5.74, 6) is 1.73. The van der Waals surface area contributed by atoms with E-state index < -0.39 is 5.91 Å². The number of aromatic nitrogens is 2. The minimum atomic E-state index is -0.401. The fraction of sp³-hybridized carbons (Fsp3) is 0.0769. The van der Waals surface area contributed by atoms with E-state index in [1.807, 2.05) is 54.6 Å². The van der Waals surface area contributed by atoms with Crippen molar-refractivity contribution in [2.24, 2.45) is 0 Å². The molecule has 1 amide bonds. The SMILES string of the molecule is N#Cc1ccc(CSc2nnc(NC(=O)c3ccc(COc4ccc5ccccc5c4)o3)s2)cc1. The maximum Gasteiger partial charge on any atom is 0.293 e. The minimum Gasteiger partial charge on any atom is -0.486 e. The van der Waals surface area contributed by atoms with Crippen molar-refractivity contribution < 1.29 is 13.9 Å². The second-order valence-corrected chi connectivity index (χ2v) is 9.69. The van der Waals surface area contributed by atoms with Gasteiger partial charge in [0.15, 0.2) is 10.1 Å². The summed E-state index contributed by atoms with van der Waals surface area (Å²) in [4.78, 5) is 12.6. The highest BCUT2D eigenvalue weighted by Crippen LogP contribution is 2.29. The molecule has 7 nitrogen and oxygen atoms in total. The van der Waals surface area contributed by atoms with Crippen molar-refractivity contribution in [1.82, 2.24) is 10.2 Å². The number of hydrogen-bond donors (Lipinski definition) is 1. The lowest BCUT2D eigenvalue weighted by Crippen LogP contribution is -2.10. The number of carbonyl (C=O) groups is 1. The molecule has 0 fully saturated rings. The lowest BCUT2D eigenvalue weighted by molar-refractivity contribution is 0.0992. The van der Waals surface area contributed by atoms with Gasteiger partial charge in [0.25, 0.3) is 5.91 Å². The van der Waals surface area contributed by atoms with Gasteiger partial charge in [0.05, 0.1) is 11.6 Å². The molecule has 172 valence electrons. The van der Waals surface area contributed by atoms with Gasteiger partial charge in [0.1, 0.15) is 18.1 Å². The summed E-state index contributed by atoms with van der Waals surface area (Å²) in [5, 5.41) is 22.4. The van der Waals surface area contributed by atoms with Crippen LogP contribution in [0.3, 0.4) is 0 Å². The Morgan fingerprint density at radius 1 is 1.03 bits per heavy atom. The molecular formula is C26H18N4O3S2. The van der Waals surface area contributed by atoms with Crippen molar-refractivity contribution in [3.05, 3.63) is 102 Å². The van der Waals surface area contributed by atoms with Crippen molar-refractivity contribution in [2.75, 3.05) is 5.32 Å². The Bertz CT molecular complexity index is 1520. The molecule has 5 aromatic rings. The van der Waals surface area contributed by atoms with Crippen LogP contribution in [0.15, 0.2) is 87.6 Å². The monoisotopic (exact) mass is 498 g/mol. The Kier molecular flexibility index (Phi) is 6.75. The first-order chi connectivity index (χ1) is 17.2. The molecule has 0 aliphatic heterocycles. The molecule has 2 heterocycles. The fourth-order valence-electron chi connectivity index (χ4n) is 3.29. The van der Waals surface area contributed by atoms with E-state index in [-0.39, 0.29) is 12.4 Å². The highest BCUT2D eigenvalue weighted by Gasteiger charge is 2.15. The van der Waals surface area contributed by atoms with E-state index in [9.17, 15) is 4.79 Å². The highest BCUT2D eigenvalue weighted by atomic mass is 32.2. The van der Waals surface area contributed by atoms with Gasteiger partial charge in [0, 0.05) is 5.75 Å². The van der Waals surface area contributed by atoms with Gasteiger partial charge in [-0.1, -0.05) is 65.6 Å². The molecule has 1 N–H and O–H groups in total. The zero-order valence-corrected chi connectivity index (χ0v) is 19.9. The van der Waals surface area contributed by atoms with Crippen LogP contribution in [-0.4, -0.2) is 16.1 Å². The Morgan fingerprint density at radius 2 is 1.86 bits per heavy atom. The van der Waals surface area contributed by atoms with Gasteiger partial charge in [-0.15, -0.1) is 10.2 Å². The molecule has 3 aromatic carbocycles. The van der Waals surface area contributed by atoms with E-state index in [4.69, 9.17) is 14.4 Å². The van der Waals surface area contributed by atoms with Crippen LogP contribution in [0.4, 0.5) is 5.13 Å². The third-order valence-corrected chi connectivity index (χ3v) is 7.10. The average molecular weight is 499 g/mol. The molecule has 0 bridgehead atoms. The summed E-state index contributed by atoms with van der Waals surface area (Å²) in [6.07, 6.45) is 0. The summed E-state index contributed by atoms with van der Waals surface area (Å²) in [5.41, 5.74) is 1.70. The Balaban J connectivity index is 1.14. The molecule has 0 unspecified atom stereocenters. The van der Waals surface area contributed by atoms with Crippen molar-refractivity contribution in [1.29, 1.82) is 5.26 Å². The lowest BCUT2D eigenvalue weighted by Gasteiger charge is -2.05. The van der Waals surface area contributed by atoms with Crippen LogP contribution in [-0.2, 0) is 12.4 Å². The number of anilines is 1. The van der Waals surface area contributed by atoms with E-state index in [2.05, 4.69) is 21.6 Å². The van der Waals surface area contributed by atoms with E-state index >= 15 is 0 Å². The molecule has 2 aromatic heterocycles. The number of nitrogens with one attached hydrogen (secondary N) is 1. The molecule has 0 spiro atoms. The number of nitriles is 1. The van der Waals surface area contributed by atoms with Gasteiger partial charge in [-0.25, -0.2) is 0 Å². The van der Waals surface area contributed by atoms with Crippen LogP contribution in [0, 0.1) is 11.3 Å². The summed E-state index contributed by atoms with van der Waals surface area (Å²) in [6, 6.07) is 26.8. The second kappa shape index (κ2) is 10.4. The number of carbonyl (C=O) groups excluding carboxylic acids is 1. The van der Waals surface area contributed by atoms with Gasteiger partial charge in [-0.05, 0) is 52.7 Å². The fourth-order valence-corrected chi connectivity index (χ4v) is 4.99. The Morgan fingerprint density at radius 3 is 2.69 bits per heavy atom. The molecule has 0 saturated carbocycles. The van der Waals surface area contributed by atoms with Crippen molar-refractivity contribution in [3.8, 4) is 11.8 Å². The van der Waals surface area contributed by atoms with Crippen LogP contribution in [0.1, 0.15) is 27.4 Å². The average Bonchev–Trinajstić information content (AvgIpc) is 3.56. The second-order valence-electron chi connectivity index (χ2n) is 7.49. The number of nitrogens with zero attached hydrogens (tertiary/aromatic N) is 3. The third kappa shape index (κ3) is 5.69. The van der Waals surface area contributed by atoms with Gasteiger partial charge in [-0.2, -0.15) is 5.26 Å². The van der Waals surface area contributed by atoms with Crippen LogP contribution >= 0.6 is 23.1 Å². The van der Waals surface area contributed by atoms with E-state index in [0.717, 1.165) is 26.4 Å². The molecular weight excluding hydrogens is 480 g/mol. The standard InChI is InChI=1S/C26H18N4O3S2/c27-14-17-5-7-18(8-6-17)16-34-26-30-29-25(35-26)28-24(31)23-12-11-22(33-23)15-32-21-10-9-19-3-1-2-4-20(19)13-21/h1-13H,15-16H2,(H,28,29,31). The van der Waals surface area contributed by atoms with Gasteiger partial charge >= 0.3 is 0 Å². The van der Waals surface area contributed by atoms with Crippen molar-refractivity contribution in [2.45, 2.75) is 16.7 Å². The molecule has 0 radical (unpaired) electrons. The van der Waals surface area contributed by atoms with Gasteiger partial charge in [0.2, 0.25) is 5.13 Å². The van der Waals surface area contributed by atoms with E-state index in [1.165, 1.54) is 23.1 Å². The Labute approximate surface area is 209 Å². The molecule has 0 atom stereocenters. The number of thioether (sulfide) groups is 1. The number of hydrogen-bond acceptors (Lipinski definition) is 8. The largest absolute Gasteiger partial charge is 0.486 e. The molecule has 0 saturated heterocycles. The lowest BCUT2D eigenvalue weighted by atomic mass is 10.1. The summed E-state index contributed by atoms with van der Waals surface area (Å²) < 4.78 is 12.2. The Hall–Kier alpha value is -4.13. The number of benzene rings is 3. The first-order valence-electron chi connectivity index (χ1n) is 10.6. The molecule has 0 aliphatic rings. The smallest absolute Gasteiger partial charge is 0.293 e. The van der Waals surface area contributed by atoms with Crippen LogP contribution in [0.5, 0.6) is 5.75 Å². The molecule has 35 heavy (non-hydrogen) atoms. The number of rotatable bonds is 8.